The first-order valence-electron chi connectivity index (χ1n) is 14.2. The number of ether oxygens (including phenoxy) is 2. The van der Waals surface area contributed by atoms with Gasteiger partial charge in [0, 0.05) is 35.2 Å². The average Bonchev–Trinajstić information content (AvgIpc) is 3.34. The summed E-state index contributed by atoms with van der Waals surface area (Å²) < 4.78 is 12.7. The van der Waals surface area contributed by atoms with Crippen molar-refractivity contribution in [3.8, 4) is 5.75 Å². The van der Waals surface area contributed by atoms with Crippen molar-refractivity contribution < 1.29 is 19.1 Å². The van der Waals surface area contributed by atoms with E-state index in [2.05, 4.69) is 22.0 Å². The van der Waals surface area contributed by atoms with E-state index in [1.807, 2.05) is 79.7 Å². The molecule has 0 radical (unpaired) electrons. The van der Waals surface area contributed by atoms with E-state index in [-0.39, 0.29) is 11.8 Å². The molecule has 2 fully saturated rings. The summed E-state index contributed by atoms with van der Waals surface area (Å²) in [5, 5.41) is 2.63. The fourth-order valence-corrected chi connectivity index (χ4v) is 6.37. The molecule has 0 N–H and O–H groups in total. The van der Waals surface area contributed by atoms with Crippen LogP contribution in [0.3, 0.4) is 0 Å². The van der Waals surface area contributed by atoms with Crippen molar-refractivity contribution in [1.29, 1.82) is 0 Å². The molecule has 0 atom stereocenters. The molecule has 0 spiro atoms. The molecule has 2 heterocycles. The predicted octanol–water partition coefficient (Wildman–Crippen LogP) is 7.28. The number of aliphatic imine (C=N–C) groups is 1. The highest BCUT2D eigenvalue weighted by molar-refractivity contribution is 9.10. The first-order valence-corrected chi connectivity index (χ1v) is 15.8. The maximum Gasteiger partial charge on any atom is 0.266 e. The Bertz CT molecular complexity index is 1730. The number of carbonyl (C=O) groups excluding carboxylic acids is 2. The van der Waals surface area contributed by atoms with Gasteiger partial charge in [-0.2, -0.15) is 0 Å². The van der Waals surface area contributed by atoms with Crippen LogP contribution in [0.4, 0.5) is 5.69 Å². The van der Waals surface area contributed by atoms with Crippen LogP contribution in [-0.2, 0) is 16.1 Å². The number of amidine groups is 1. The third-order valence-corrected chi connectivity index (χ3v) is 8.87. The lowest BCUT2D eigenvalue weighted by Gasteiger charge is -2.26. The van der Waals surface area contributed by atoms with Crippen LogP contribution in [0.15, 0.2) is 99.3 Å². The summed E-state index contributed by atoms with van der Waals surface area (Å²) in [6.45, 7) is 5.03. The summed E-state index contributed by atoms with van der Waals surface area (Å²) in [6, 6.07) is 27.4. The molecule has 4 aromatic rings. The van der Waals surface area contributed by atoms with Crippen LogP contribution >= 0.6 is 27.7 Å². The molecule has 2 aliphatic heterocycles. The summed E-state index contributed by atoms with van der Waals surface area (Å²) in [4.78, 5) is 35.5. The molecule has 0 unspecified atom stereocenters. The molecule has 4 aromatic carbocycles. The Balaban J connectivity index is 1.31. The Hall–Kier alpha value is -3.92. The van der Waals surface area contributed by atoms with Gasteiger partial charge in [-0.15, -0.1) is 0 Å². The Labute approximate surface area is 263 Å². The molecule has 218 valence electrons. The molecule has 0 bridgehead atoms. The number of nitrogens with zero attached hydrogens (tertiary/aromatic N) is 3. The zero-order valence-electron chi connectivity index (χ0n) is 23.7. The van der Waals surface area contributed by atoms with Crippen LogP contribution in [0.5, 0.6) is 5.75 Å². The van der Waals surface area contributed by atoms with Gasteiger partial charge in [0.05, 0.1) is 23.8 Å². The number of halogens is 1. The van der Waals surface area contributed by atoms with Crippen LogP contribution in [0.2, 0.25) is 0 Å². The van der Waals surface area contributed by atoms with Crippen LogP contribution < -0.4 is 4.74 Å². The lowest BCUT2D eigenvalue weighted by Crippen LogP contribution is -2.40. The first-order chi connectivity index (χ1) is 21.0. The zero-order chi connectivity index (χ0) is 29.8. The number of benzene rings is 4. The van der Waals surface area contributed by atoms with Gasteiger partial charge in [-0.05, 0) is 77.5 Å². The zero-order valence-corrected chi connectivity index (χ0v) is 26.1. The van der Waals surface area contributed by atoms with E-state index in [1.54, 1.807) is 21.9 Å². The molecular formula is C34H30BrN3O4S. The maximum absolute atomic E-state index is 13.6. The van der Waals surface area contributed by atoms with E-state index < -0.39 is 0 Å². The van der Waals surface area contributed by atoms with E-state index in [9.17, 15) is 9.59 Å². The summed E-state index contributed by atoms with van der Waals surface area (Å²) in [7, 11) is 0. The second-order valence-corrected chi connectivity index (χ2v) is 12.0. The number of likely N-dealkylation sites (N-methyl/N-ethyl adjacent to an activating group) is 1. The Morgan fingerprint density at radius 1 is 1.02 bits per heavy atom. The molecule has 7 nitrogen and oxygen atoms in total. The third kappa shape index (κ3) is 6.54. The molecule has 2 saturated heterocycles. The number of fused-ring (bicyclic) bond motifs is 1. The molecule has 0 aliphatic carbocycles. The topological polar surface area (TPSA) is 71.4 Å². The van der Waals surface area contributed by atoms with Crippen molar-refractivity contribution in [2.24, 2.45) is 4.99 Å². The van der Waals surface area contributed by atoms with Gasteiger partial charge >= 0.3 is 0 Å². The van der Waals surface area contributed by atoms with E-state index in [0.717, 1.165) is 26.4 Å². The Morgan fingerprint density at radius 3 is 2.60 bits per heavy atom. The quantitative estimate of drug-likeness (QED) is 0.196. The number of hydrogen-bond acceptors (Lipinski definition) is 6. The number of thioether (sulfide) groups is 1. The van der Waals surface area contributed by atoms with E-state index in [1.165, 1.54) is 11.8 Å². The highest BCUT2D eigenvalue weighted by Crippen LogP contribution is 2.38. The molecule has 0 saturated carbocycles. The number of amides is 2. The maximum atomic E-state index is 13.6. The lowest BCUT2D eigenvalue weighted by atomic mass is 10.0. The van der Waals surface area contributed by atoms with Crippen LogP contribution in [0.1, 0.15) is 28.4 Å². The minimum absolute atomic E-state index is 0.0416. The fourth-order valence-electron chi connectivity index (χ4n) is 5.06. The molecule has 0 aromatic heterocycles. The van der Waals surface area contributed by atoms with Crippen molar-refractivity contribution in [1.82, 2.24) is 9.80 Å². The van der Waals surface area contributed by atoms with E-state index in [4.69, 9.17) is 14.5 Å². The average molecular weight is 657 g/mol. The van der Waals surface area contributed by atoms with Gasteiger partial charge in [0.15, 0.2) is 5.17 Å². The standard InChI is InChI=1S/C34H30BrN3O4S/c1-2-38-33(40)31(43-34(38)36-27-8-5-7-25(20-27)32(39)37-16-18-41-19-17-37)21-29-28-9-4-3-6-24(28)12-15-30(29)42-22-23-10-13-26(35)14-11-23/h3-15,20-21H,2,16-19,22H2,1H3/b31-21+,36-34?. The van der Waals surface area contributed by atoms with Crippen molar-refractivity contribution in [2.45, 2.75) is 13.5 Å². The van der Waals surface area contributed by atoms with Gasteiger partial charge in [-0.1, -0.05) is 64.5 Å². The van der Waals surface area contributed by atoms with Crippen molar-refractivity contribution in [2.75, 3.05) is 32.8 Å². The summed E-state index contributed by atoms with van der Waals surface area (Å²) in [5.74, 6) is 0.545. The monoisotopic (exact) mass is 655 g/mol. The van der Waals surface area contributed by atoms with Crippen molar-refractivity contribution >= 4 is 67.2 Å². The number of hydrogen-bond donors (Lipinski definition) is 0. The van der Waals surface area contributed by atoms with Crippen molar-refractivity contribution in [3.63, 3.8) is 0 Å². The predicted molar refractivity (Wildman–Crippen MR) is 176 cm³/mol. The molecule has 9 heteroatoms. The van der Waals surface area contributed by atoms with Crippen molar-refractivity contribution in [3.05, 3.63) is 111 Å². The van der Waals surface area contributed by atoms with Crippen LogP contribution in [0, 0.1) is 0 Å². The van der Waals surface area contributed by atoms with Gasteiger partial charge in [-0.25, -0.2) is 4.99 Å². The molecule has 6 rings (SSSR count). The van der Waals surface area contributed by atoms with Gasteiger partial charge in [0.2, 0.25) is 0 Å². The fraction of sp³-hybridized carbons (Fsp3) is 0.206. The number of carbonyl (C=O) groups is 2. The smallest absolute Gasteiger partial charge is 0.266 e. The minimum atomic E-state index is -0.112. The third-order valence-electron chi connectivity index (χ3n) is 7.33. The SMILES string of the molecule is CCN1C(=O)/C(=C\c2c(OCc3ccc(Br)cc3)ccc3ccccc23)SC1=Nc1cccc(C(=O)N2CCOCC2)c1. The second kappa shape index (κ2) is 13.2. The number of morpholine rings is 1. The second-order valence-electron chi connectivity index (χ2n) is 10.1. The molecule has 43 heavy (non-hydrogen) atoms. The van der Waals surface area contributed by atoms with Gasteiger partial charge in [-0.3, -0.25) is 14.5 Å². The summed E-state index contributed by atoms with van der Waals surface area (Å²) in [6.07, 6.45) is 1.91. The van der Waals surface area contributed by atoms with Crippen LogP contribution in [-0.4, -0.2) is 59.6 Å². The van der Waals surface area contributed by atoms with Crippen LogP contribution in [0.25, 0.3) is 16.8 Å². The molecule has 2 amide bonds. The normalized spacial score (nSPS) is 17.3. The van der Waals surface area contributed by atoms with E-state index in [0.29, 0.717) is 66.5 Å². The minimum Gasteiger partial charge on any atom is -0.488 e. The van der Waals surface area contributed by atoms with Gasteiger partial charge < -0.3 is 14.4 Å². The highest BCUT2D eigenvalue weighted by Gasteiger charge is 2.33. The van der Waals surface area contributed by atoms with Gasteiger partial charge in [0.25, 0.3) is 11.8 Å². The molecular weight excluding hydrogens is 626 g/mol. The van der Waals surface area contributed by atoms with Gasteiger partial charge in [0.1, 0.15) is 12.4 Å². The lowest BCUT2D eigenvalue weighted by molar-refractivity contribution is -0.122. The Morgan fingerprint density at radius 2 is 1.81 bits per heavy atom. The highest BCUT2D eigenvalue weighted by atomic mass is 79.9. The summed E-state index contributed by atoms with van der Waals surface area (Å²) in [5.41, 5.74) is 3.08. The molecule has 2 aliphatic rings. The Kier molecular flexibility index (Phi) is 8.92. The largest absolute Gasteiger partial charge is 0.488 e. The first kappa shape index (κ1) is 29.2. The summed E-state index contributed by atoms with van der Waals surface area (Å²) >= 11 is 4.81. The van der Waals surface area contributed by atoms with E-state index >= 15 is 0 Å². The number of rotatable bonds is 7.